The Balaban J connectivity index is 3.39. The molecular formula is C4H12O7P2. The van der Waals surface area contributed by atoms with Crippen LogP contribution in [-0.4, -0.2) is 45.1 Å². The van der Waals surface area contributed by atoms with Gasteiger partial charge in [0.05, 0.1) is 25.5 Å². The summed E-state index contributed by atoms with van der Waals surface area (Å²) in [4.78, 5) is 33.4. The molecule has 0 heterocycles. The highest BCUT2D eigenvalue weighted by molar-refractivity contribution is 7.52. The monoisotopic (exact) mass is 234 g/mol. The first-order valence-corrected chi connectivity index (χ1v) is 6.97. The largest absolute Gasteiger partial charge is 0.380 e. The van der Waals surface area contributed by atoms with E-state index in [1.165, 1.54) is 0 Å². The lowest BCUT2D eigenvalue weighted by Gasteiger charge is -2.06. The normalized spacial score (nSPS) is 13.2. The van der Waals surface area contributed by atoms with E-state index in [4.69, 9.17) is 19.6 Å². The van der Waals surface area contributed by atoms with Crippen LogP contribution in [0.15, 0.2) is 0 Å². The van der Waals surface area contributed by atoms with Crippen LogP contribution in [0, 0.1) is 0 Å². The molecule has 0 fully saturated rings. The van der Waals surface area contributed by atoms with Crippen molar-refractivity contribution in [2.75, 3.05) is 25.5 Å². The van der Waals surface area contributed by atoms with Gasteiger partial charge in [0.1, 0.15) is 0 Å². The SMILES string of the molecule is O=P(O)(O)CCOCCP(=O)(O)O. The molecule has 7 nitrogen and oxygen atoms in total. The molecule has 0 unspecified atom stereocenters. The Morgan fingerprint density at radius 3 is 1.38 bits per heavy atom. The highest BCUT2D eigenvalue weighted by Gasteiger charge is 2.14. The molecule has 0 aliphatic carbocycles. The lowest BCUT2D eigenvalue weighted by atomic mass is 10.8. The molecule has 0 bridgehead atoms. The van der Waals surface area contributed by atoms with Crippen LogP contribution in [0.25, 0.3) is 0 Å². The van der Waals surface area contributed by atoms with Crippen molar-refractivity contribution in [1.29, 1.82) is 0 Å². The number of rotatable bonds is 6. The third-order valence-electron chi connectivity index (χ3n) is 1.05. The summed E-state index contributed by atoms with van der Waals surface area (Å²) in [5.41, 5.74) is 0. The van der Waals surface area contributed by atoms with Gasteiger partial charge in [-0.25, -0.2) is 0 Å². The molecule has 4 N–H and O–H groups in total. The third-order valence-corrected chi connectivity index (χ3v) is 2.58. The molecule has 0 aliphatic rings. The summed E-state index contributed by atoms with van der Waals surface area (Å²) in [5, 5.41) is 0. The third kappa shape index (κ3) is 12.3. The van der Waals surface area contributed by atoms with Crippen molar-refractivity contribution in [3.8, 4) is 0 Å². The summed E-state index contributed by atoms with van der Waals surface area (Å²) in [7, 11) is -8.13. The Morgan fingerprint density at radius 1 is 0.846 bits per heavy atom. The molecule has 0 radical (unpaired) electrons. The Hall–Kier alpha value is 0.260. The van der Waals surface area contributed by atoms with Gasteiger partial charge in [0.25, 0.3) is 0 Å². The van der Waals surface area contributed by atoms with Crippen molar-refractivity contribution < 1.29 is 33.4 Å². The quantitative estimate of drug-likeness (QED) is 0.355. The molecule has 13 heavy (non-hydrogen) atoms. The van der Waals surface area contributed by atoms with E-state index in [1.54, 1.807) is 0 Å². The maximum atomic E-state index is 10.3. The zero-order valence-corrected chi connectivity index (χ0v) is 8.53. The molecule has 0 aromatic rings. The summed E-state index contributed by atoms with van der Waals surface area (Å²) in [6, 6.07) is 0. The summed E-state index contributed by atoms with van der Waals surface area (Å²) >= 11 is 0. The van der Waals surface area contributed by atoms with Crippen LogP contribution in [0.3, 0.4) is 0 Å². The first-order chi connectivity index (χ1) is 5.71. The molecule has 0 amide bonds. The Bertz CT molecular complexity index is 203. The molecule has 0 aromatic carbocycles. The fourth-order valence-corrected chi connectivity index (χ4v) is 1.20. The Morgan fingerprint density at radius 2 is 1.15 bits per heavy atom. The summed E-state index contributed by atoms with van der Waals surface area (Å²) in [5.74, 6) is 0. The molecule has 0 aromatic heterocycles. The highest BCUT2D eigenvalue weighted by atomic mass is 31.2. The minimum absolute atomic E-state index is 0.204. The average molecular weight is 234 g/mol. The molecule has 0 spiro atoms. The van der Waals surface area contributed by atoms with Gasteiger partial charge in [-0.3, -0.25) is 9.13 Å². The van der Waals surface area contributed by atoms with E-state index in [0.29, 0.717) is 0 Å². The molecule has 0 aliphatic heterocycles. The van der Waals surface area contributed by atoms with Crippen LogP contribution in [0.1, 0.15) is 0 Å². The van der Waals surface area contributed by atoms with Crippen LogP contribution in [0.2, 0.25) is 0 Å². The standard InChI is InChI=1S/C4H12O7P2/c5-12(6,7)3-1-11-2-4-13(8,9)10/h1-4H2,(H2,5,6,7)(H2,8,9,10). The second kappa shape index (κ2) is 5.22. The predicted molar refractivity (Wildman–Crippen MR) is 44.6 cm³/mol. The summed E-state index contributed by atoms with van der Waals surface area (Å²) < 4.78 is 25.1. The van der Waals surface area contributed by atoms with Crippen molar-refractivity contribution in [2.45, 2.75) is 0 Å². The number of hydrogen-bond acceptors (Lipinski definition) is 3. The average Bonchev–Trinajstić information content (AvgIpc) is 1.81. The number of ether oxygens (including phenoxy) is 1. The predicted octanol–water partition coefficient (Wildman–Crippen LogP) is -0.642. The van der Waals surface area contributed by atoms with Crippen LogP contribution in [-0.2, 0) is 13.9 Å². The topological polar surface area (TPSA) is 124 Å². The maximum absolute atomic E-state index is 10.3. The molecular weight excluding hydrogens is 222 g/mol. The molecule has 0 saturated carbocycles. The zero-order chi connectivity index (χ0) is 10.5. The van der Waals surface area contributed by atoms with Gasteiger partial charge in [-0.05, 0) is 0 Å². The van der Waals surface area contributed by atoms with E-state index < -0.39 is 27.5 Å². The van der Waals surface area contributed by atoms with Crippen molar-refractivity contribution in [1.82, 2.24) is 0 Å². The second-order valence-corrected chi connectivity index (χ2v) is 5.94. The fourth-order valence-electron chi connectivity index (χ4n) is 0.469. The van der Waals surface area contributed by atoms with E-state index >= 15 is 0 Å². The van der Waals surface area contributed by atoms with Crippen LogP contribution >= 0.6 is 15.2 Å². The highest BCUT2D eigenvalue weighted by Crippen LogP contribution is 2.34. The maximum Gasteiger partial charge on any atom is 0.327 e. The first-order valence-electron chi connectivity index (χ1n) is 3.37. The van der Waals surface area contributed by atoms with E-state index in [1.807, 2.05) is 0 Å². The van der Waals surface area contributed by atoms with E-state index in [0.717, 1.165) is 0 Å². The van der Waals surface area contributed by atoms with Gasteiger partial charge in [0.15, 0.2) is 0 Å². The van der Waals surface area contributed by atoms with Crippen LogP contribution in [0.4, 0.5) is 0 Å². The smallest absolute Gasteiger partial charge is 0.327 e. The molecule has 0 atom stereocenters. The Kier molecular flexibility index (Phi) is 5.32. The lowest BCUT2D eigenvalue weighted by molar-refractivity contribution is 0.157. The second-order valence-electron chi connectivity index (χ2n) is 2.39. The van der Waals surface area contributed by atoms with Gasteiger partial charge >= 0.3 is 15.2 Å². The summed E-state index contributed by atoms with van der Waals surface area (Å²) in [6.07, 6.45) is -0.873. The fraction of sp³-hybridized carbons (Fsp3) is 1.00. The van der Waals surface area contributed by atoms with Crippen molar-refractivity contribution in [2.24, 2.45) is 0 Å². The molecule has 80 valence electrons. The minimum atomic E-state index is -4.07. The van der Waals surface area contributed by atoms with Gasteiger partial charge in [0, 0.05) is 0 Å². The van der Waals surface area contributed by atoms with E-state index in [2.05, 4.69) is 4.74 Å². The number of hydrogen-bond donors (Lipinski definition) is 4. The summed E-state index contributed by atoms with van der Waals surface area (Å²) in [6.45, 7) is -0.408. The van der Waals surface area contributed by atoms with Gasteiger partial charge < -0.3 is 24.3 Å². The first kappa shape index (κ1) is 13.3. The van der Waals surface area contributed by atoms with Gasteiger partial charge in [-0.1, -0.05) is 0 Å². The van der Waals surface area contributed by atoms with E-state index in [9.17, 15) is 9.13 Å². The van der Waals surface area contributed by atoms with Crippen LogP contribution in [0.5, 0.6) is 0 Å². The van der Waals surface area contributed by atoms with Crippen LogP contribution < -0.4 is 0 Å². The lowest BCUT2D eigenvalue weighted by Crippen LogP contribution is -2.05. The van der Waals surface area contributed by atoms with Crippen molar-refractivity contribution in [3.05, 3.63) is 0 Å². The van der Waals surface area contributed by atoms with Gasteiger partial charge in [0.2, 0.25) is 0 Å². The van der Waals surface area contributed by atoms with Crippen molar-refractivity contribution in [3.63, 3.8) is 0 Å². The minimum Gasteiger partial charge on any atom is -0.380 e. The van der Waals surface area contributed by atoms with Gasteiger partial charge in [-0.2, -0.15) is 0 Å². The Labute approximate surface area is 75.1 Å². The zero-order valence-electron chi connectivity index (χ0n) is 6.74. The molecule has 0 saturated heterocycles. The van der Waals surface area contributed by atoms with Gasteiger partial charge in [-0.15, -0.1) is 0 Å². The molecule has 0 rings (SSSR count). The van der Waals surface area contributed by atoms with Crippen molar-refractivity contribution >= 4 is 15.2 Å². The molecule has 9 heteroatoms. The van der Waals surface area contributed by atoms with E-state index in [-0.39, 0.29) is 13.2 Å².